The zero-order valence-electron chi connectivity index (χ0n) is 10.5. The molecule has 0 saturated carbocycles. The molecule has 0 fully saturated rings. The van der Waals surface area contributed by atoms with Crippen LogP contribution in [-0.2, 0) is 10.2 Å². The third kappa shape index (κ3) is 4.07. The summed E-state index contributed by atoms with van der Waals surface area (Å²) in [5, 5.41) is 11.6. The minimum atomic E-state index is -0.996. The van der Waals surface area contributed by atoms with E-state index in [9.17, 15) is 4.79 Å². The van der Waals surface area contributed by atoms with Gasteiger partial charge < -0.3 is 16.2 Å². The maximum Gasteiger partial charge on any atom is 0.322 e. The fraction of sp³-hybridized carbons (Fsp3) is 0.462. The highest BCUT2D eigenvalue weighted by Gasteiger charge is 2.13. The number of aliphatic carboxylic acids is 1. The first-order chi connectivity index (χ1) is 7.80. The number of rotatable bonds is 4. The number of benzene rings is 1. The van der Waals surface area contributed by atoms with Crippen molar-refractivity contribution in [3.05, 3.63) is 29.8 Å². The van der Waals surface area contributed by atoms with Crippen molar-refractivity contribution in [3.63, 3.8) is 0 Å². The Bertz CT molecular complexity index is 379. The van der Waals surface area contributed by atoms with E-state index >= 15 is 0 Å². The lowest BCUT2D eigenvalue weighted by atomic mass is 9.87. The minimum absolute atomic E-state index is 0.121. The lowest BCUT2D eigenvalue weighted by Gasteiger charge is -2.19. The summed E-state index contributed by atoms with van der Waals surface area (Å²) in [6.07, 6.45) is 0. The Kier molecular flexibility index (Phi) is 4.12. The van der Waals surface area contributed by atoms with Crippen LogP contribution in [0.3, 0.4) is 0 Å². The molecular formula is C13H20N2O2. The van der Waals surface area contributed by atoms with Crippen LogP contribution in [0.15, 0.2) is 24.3 Å². The van der Waals surface area contributed by atoms with E-state index in [0.29, 0.717) is 0 Å². The molecule has 0 spiro atoms. The molecule has 0 amide bonds. The topological polar surface area (TPSA) is 75.3 Å². The van der Waals surface area contributed by atoms with Crippen LogP contribution >= 0.6 is 0 Å². The second-order valence-electron chi connectivity index (χ2n) is 5.15. The molecule has 4 N–H and O–H groups in total. The maximum atomic E-state index is 10.5. The van der Waals surface area contributed by atoms with Gasteiger partial charge in [-0.05, 0) is 23.1 Å². The average molecular weight is 236 g/mol. The van der Waals surface area contributed by atoms with Crippen molar-refractivity contribution in [2.24, 2.45) is 5.73 Å². The van der Waals surface area contributed by atoms with Crippen LogP contribution in [0, 0.1) is 0 Å². The monoisotopic (exact) mass is 236 g/mol. The summed E-state index contributed by atoms with van der Waals surface area (Å²) >= 11 is 0. The Labute approximate surface area is 102 Å². The van der Waals surface area contributed by atoms with Gasteiger partial charge in [0.05, 0.1) is 0 Å². The molecule has 1 aromatic carbocycles. The summed E-state index contributed by atoms with van der Waals surface area (Å²) in [4.78, 5) is 10.5. The second-order valence-corrected chi connectivity index (χ2v) is 5.15. The Morgan fingerprint density at radius 2 is 1.88 bits per heavy atom. The molecule has 4 heteroatoms. The molecule has 1 atom stereocenters. The van der Waals surface area contributed by atoms with Crippen LogP contribution in [0.2, 0.25) is 0 Å². The molecule has 0 aliphatic carbocycles. The van der Waals surface area contributed by atoms with Gasteiger partial charge in [-0.2, -0.15) is 0 Å². The fourth-order valence-electron chi connectivity index (χ4n) is 1.40. The van der Waals surface area contributed by atoms with Crippen molar-refractivity contribution < 1.29 is 9.90 Å². The van der Waals surface area contributed by atoms with Crippen molar-refractivity contribution in [1.82, 2.24) is 0 Å². The van der Waals surface area contributed by atoms with E-state index in [2.05, 4.69) is 26.1 Å². The van der Waals surface area contributed by atoms with E-state index in [0.717, 1.165) is 5.69 Å². The van der Waals surface area contributed by atoms with Crippen molar-refractivity contribution in [2.75, 3.05) is 11.9 Å². The summed E-state index contributed by atoms with van der Waals surface area (Å²) in [5.74, 6) is -0.996. The predicted molar refractivity (Wildman–Crippen MR) is 69.2 cm³/mol. The van der Waals surface area contributed by atoms with Gasteiger partial charge in [-0.15, -0.1) is 0 Å². The van der Waals surface area contributed by atoms with Crippen LogP contribution < -0.4 is 11.1 Å². The van der Waals surface area contributed by atoms with Crippen LogP contribution in [0.1, 0.15) is 26.3 Å². The van der Waals surface area contributed by atoms with Crippen LogP contribution in [-0.4, -0.2) is 23.7 Å². The van der Waals surface area contributed by atoms with Gasteiger partial charge in [0.2, 0.25) is 0 Å². The van der Waals surface area contributed by atoms with E-state index in [4.69, 9.17) is 10.8 Å². The van der Waals surface area contributed by atoms with Gasteiger partial charge in [-0.3, -0.25) is 4.79 Å². The molecule has 1 aromatic rings. The molecule has 0 aliphatic rings. The van der Waals surface area contributed by atoms with Crippen molar-refractivity contribution in [2.45, 2.75) is 32.2 Å². The molecule has 94 valence electrons. The van der Waals surface area contributed by atoms with Gasteiger partial charge in [0.1, 0.15) is 6.04 Å². The van der Waals surface area contributed by atoms with Crippen molar-refractivity contribution in [1.29, 1.82) is 0 Å². The van der Waals surface area contributed by atoms with Gasteiger partial charge in [0.15, 0.2) is 0 Å². The SMILES string of the molecule is CC(C)(C)c1ccc(NCC(N)C(=O)O)cc1. The number of hydrogen-bond acceptors (Lipinski definition) is 3. The quantitative estimate of drug-likeness (QED) is 0.745. The third-order valence-corrected chi connectivity index (χ3v) is 2.59. The van der Waals surface area contributed by atoms with E-state index in [1.807, 2.05) is 24.3 Å². The first-order valence-corrected chi connectivity index (χ1v) is 5.63. The number of nitrogens with one attached hydrogen (secondary N) is 1. The Balaban J connectivity index is 2.60. The van der Waals surface area contributed by atoms with Crippen LogP contribution in [0.25, 0.3) is 0 Å². The standard InChI is InChI=1S/C13H20N2O2/c1-13(2,3)9-4-6-10(7-5-9)15-8-11(14)12(16)17/h4-7,11,15H,8,14H2,1-3H3,(H,16,17). The molecular weight excluding hydrogens is 216 g/mol. The number of anilines is 1. The van der Waals surface area contributed by atoms with Crippen molar-refractivity contribution in [3.8, 4) is 0 Å². The normalized spacial score (nSPS) is 13.2. The van der Waals surface area contributed by atoms with E-state index in [1.165, 1.54) is 5.56 Å². The first-order valence-electron chi connectivity index (χ1n) is 5.63. The van der Waals surface area contributed by atoms with E-state index in [-0.39, 0.29) is 12.0 Å². The summed E-state index contributed by atoms with van der Waals surface area (Å²) in [5.41, 5.74) is 7.65. The third-order valence-electron chi connectivity index (χ3n) is 2.59. The molecule has 0 bridgehead atoms. The number of carbonyl (C=O) groups is 1. The number of carboxylic acid groups (broad SMARTS) is 1. The molecule has 0 radical (unpaired) electrons. The number of carboxylic acids is 1. The predicted octanol–water partition coefficient (Wildman–Crippen LogP) is 1.81. The maximum absolute atomic E-state index is 10.5. The summed E-state index contributed by atoms with van der Waals surface area (Å²) in [7, 11) is 0. The highest BCUT2D eigenvalue weighted by Crippen LogP contribution is 2.23. The van der Waals surface area contributed by atoms with Crippen LogP contribution in [0.5, 0.6) is 0 Å². The van der Waals surface area contributed by atoms with Gasteiger partial charge in [-0.25, -0.2) is 0 Å². The van der Waals surface area contributed by atoms with Gasteiger partial charge in [0, 0.05) is 12.2 Å². The van der Waals surface area contributed by atoms with E-state index < -0.39 is 12.0 Å². The van der Waals surface area contributed by atoms with Gasteiger partial charge >= 0.3 is 5.97 Å². The highest BCUT2D eigenvalue weighted by molar-refractivity contribution is 5.74. The Morgan fingerprint density at radius 3 is 2.29 bits per heavy atom. The number of hydrogen-bond donors (Lipinski definition) is 3. The molecule has 0 saturated heterocycles. The Morgan fingerprint density at radius 1 is 1.35 bits per heavy atom. The second kappa shape index (κ2) is 5.19. The molecule has 1 unspecified atom stereocenters. The Hall–Kier alpha value is -1.55. The molecule has 4 nitrogen and oxygen atoms in total. The average Bonchev–Trinajstić information content (AvgIpc) is 2.25. The van der Waals surface area contributed by atoms with Gasteiger partial charge in [0.25, 0.3) is 0 Å². The zero-order chi connectivity index (χ0) is 13.1. The lowest BCUT2D eigenvalue weighted by molar-refractivity contribution is -0.138. The largest absolute Gasteiger partial charge is 0.480 e. The molecule has 0 aromatic heterocycles. The first kappa shape index (κ1) is 13.5. The lowest BCUT2D eigenvalue weighted by Crippen LogP contribution is -2.36. The van der Waals surface area contributed by atoms with Crippen molar-refractivity contribution >= 4 is 11.7 Å². The number of nitrogens with two attached hydrogens (primary N) is 1. The summed E-state index contributed by atoms with van der Waals surface area (Å²) < 4.78 is 0. The smallest absolute Gasteiger partial charge is 0.322 e. The summed E-state index contributed by atoms with van der Waals surface area (Å²) in [6.45, 7) is 6.67. The molecule has 17 heavy (non-hydrogen) atoms. The molecule has 0 aliphatic heterocycles. The fourth-order valence-corrected chi connectivity index (χ4v) is 1.40. The molecule has 1 rings (SSSR count). The zero-order valence-corrected chi connectivity index (χ0v) is 10.5. The molecule has 0 heterocycles. The minimum Gasteiger partial charge on any atom is -0.480 e. The highest BCUT2D eigenvalue weighted by atomic mass is 16.4. The van der Waals surface area contributed by atoms with Crippen LogP contribution in [0.4, 0.5) is 5.69 Å². The van der Waals surface area contributed by atoms with E-state index in [1.54, 1.807) is 0 Å². The summed E-state index contributed by atoms with van der Waals surface area (Å²) in [6, 6.07) is 7.07. The van der Waals surface area contributed by atoms with Gasteiger partial charge in [-0.1, -0.05) is 32.9 Å².